The van der Waals surface area contributed by atoms with E-state index in [1.54, 1.807) is 6.33 Å². The van der Waals surface area contributed by atoms with Crippen LogP contribution in [-0.2, 0) is 30.1 Å². The monoisotopic (exact) mass is 383 g/mol. The quantitative estimate of drug-likeness (QED) is 0.499. The molecule has 0 aliphatic rings. The van der Waals surface area contributed by atoms with Crippen LogP contribution < -0.4 is 0 Å². The Kier molecular flexibility index (Phi) is 6.86. The molecule has 0 spiro atoms. The van der Waals surface area contributed by atoms with E-state index in [1.165, 1.54) is 0 Å². The number of carboxylic acids is 2. The van der Waals surface area contributed by atoms with Crippen LogP contribution >= 0.6 is 0 Å². The summed E-state index contributed by atoms with van der Waals surface area (Å²) in [6, 6.07) is 8.00. The smallest absolute Gasteiger partial charge is 0.328 e. The van der Waals surface area contributed by atoms with Crippen LogP contribution in [0.2, 0.25) is 0 Å². The molecule has 0 aliphatic carbocycles. The average Bonchev–Trinajstić information content (AvgIpc) is 3.22. The summed E-state index contributed by atoms with van der Waals surface area (Å²) in [5.41, 5.74) is 2.86. The van der Waals surface area contributed by atoms with Crippen LogP contribution in [0.15, 0.2) is 55.1 Å². The average molecular weight is 383 g/mol. The van der Waals surface area contributed by atoms with Crippen molar-refractivity contribution >= 4 is 28.6 Å². The Morgan fingerprint density at radius 3 is 2.25 bits per heavy atom. The number of Topliss-reactive ketones (excluding diaryl/α,β-unsaturated/α-hetero) is 1. The first kappa shape index (κ1) is 20.6. The molecule has 3 rings (SSSR count). The lowest BCUT2D eigenvalue weighted by Crippen LogP contribution is -2.00. The predicted molar refractivity (Wildman–Crippen MR) is 103 cm³/mol. The van der Waals surface area contributed by atoms with Crippen molar-refractivity contribution in [2.24, 2.45) is 14.1 Å². The molecule has 2 heterocycles. The maximum atomic E-state index is 12.4. The Balaban J connectivity index is 0.000000300. The molecule has 2 aromatic heterocycles. The molecule has 0 aliphatic heterocycles. The van der Waals surface area contributed by atoms with Crippen LogP contribution in [0.3, 0.4) is 0 Å². The van der Waals surface area contributed by atoms with Crippen LogP contribution in [0, 0.1) is 0 Å². The van der Waals surface area contributed by atoms with Gasteiger partial charge in [-0.1, -0.05) is 18.2 Å². The molecule has 146 valence electrons. The Hall–Kier alpha value is -3.68. The summed E-state index contributed by atoms with van der Waals surface area (Å²) in [5, 5.41) is 16.7. The van der Waals surface area contributed by atoms with Crippen molar-refractivity contribution in [3.8, 4) is 0 Å². The fourth-order valence-electron chi connectivity index (χ4n) is 2.68. The van der Waals surface area contributed by atoms with Gasteiger partial charge in [0.05, 0.1) is 12.0 Å². The van der Waals surface area contributed by atoms with Gasteiger partial charge in [-0.25, -0.2) is 14.6 Å². The van der Waals surface area contributed by atoms with Gasteiger partial charge in [0.1, 0.15) is 0 Å². The van der Waals surface area contributed by atoms with Crippen molar-refractivity contribution < 1.29 is 24.6 Å². The van der Waals surface area contributed by atoms with Crippen molar-refractivity contribution in [1.82, 2.24) is 14.1 Å². The van der Waals surface area contributed by atoms with E-state index < -0.39 is 11.9 Å². The van der Waals surface area contributed by atoms with Crippen LogP contribution in [0.1, 0.15) is 22.5 Å². The van der Waals surface area contributed by atoms with Crippen molar-refractivity contribution in [2.45, 2.75) is 12.8 Å². The Morgan fingerprint density at radius 1 is 1.04 bits per heavy atom. The second-order valence-electron chi connectivity index (χ2n) is 6.13. The number of ketones is 1. The van der Waals surface area contributed by atoms with E-state index in [4.69, 9.17) is 10.2 Å². The number of para-hydroxylation sites is 1. The number of aliphatic carboxylic acids is 2. The number of nitrogens with zero attached hydrogens (tertiary/aromatic N) is 3. The molecular weight excluding hydrogens is 362 g/mol. The summed E-state index contributed by atoms with van der Waals surface area (Å²) in [4.78, 5) is 35.8. The summed E-state index contributed by atoms with van der Waals surface area (Å²) in [7, 11) is 3.90. The standard InChI is InChI=1S/C16H17N3O.C4H4O4/c1-18-9-12(17-11-18)7-8-16(20)14-10-19(2)15-6-4-3-5-13(14)15;5-3(6)1-2-4(7)8/h3-6,9-11H,7-8H2,1-2H3;1-2H,(H,5,6)(H,7,8). The number of carbonyl (C=O) groups is 3. The number of hydrogen-bond acceptors (Lipinski definition) is 4. The van der Waals surface area contributed by atoms with Crippen LogP contribution in [-0.4, -0.2) is 42.1 Å². The molecule has 8 heteroatoms. The molecule has 0 radical (unpaired) electrons. The molecule has 8 nitrogen and oxygen atoms in total. The molecule has 28 heavy (non-hydrogen) atoms. The molecule has 0 unspecified atom stereocenters. The largest absolute Gasteiger partial charge is 0.478 e. The molecule has 0 atom stereocenters. The van der Waals surface area contributed by atoms with Gasteiger partial charge in [0.15, 0.2) is 5.78 Å². The van der Waals surface area contributed by atoms with Gasteiger partial charge in [-0.3, -0.25) is 4.79 Å². The molecule has 2 N–H and O–H groups in total. The summed E-state index contributed by atoms with van der Waals surface area (Å²) in [6.45, 7) is 0. The highest BCUT2D eigenvalue weighted by atomic mass is 16.4. The maximum absolute atomic E-state index is 12.4. The predicted octanol–water partition coefficient (Wildman–Crippen LogP) is 2.44. The lowest BCUT2D eigenvalue weighted by molar-refractivity contribution is -0.134. The SMILES string of the molecule is Cn1cnc(CCC(=O)c2cn(C)c3ccccc23)c1.O=C(O)C=CC(=O)O. The molecule has 0 saturated carbocycles. The van der Waals surface area contributed by atoms with Gasteiger partial charge in [0.2, 0.25) is 0 Å². The Labute approximate surface area is 161 Å². The van der Waals surface area contributed by atoms with Gasteiger partial charge in [0.25, 0.3) is 0 Å². The van der Waals surface area contributed by atoms with Gasteiger partial charge in [-0.15, -0.1) is 0 Å². The Morgan fingerprint density at radius 2 is 1.68 bits per heavy atom. The highest BCUT2D eigenvalue weighted by Gasteiger charge is 2.13. The highest BCUT2D eigenvalue weighted by Crippen LogP contribution is 2.22. The number of fused-ring (bicyclic) bond motifs is 1. The first-order valence-electron chi connectivity index (χ1n) is 8.46. The van der Waals surface area contributed by atoms with Crippen LogP contribution in [0.25, 0.3) is 10.9 Å². The zero-order valence-electron chi connectivity index (χ0n) is 15.6. The molecule has 1 aromatic carbocycles. The van der Waals surface area contributed by atoms with E-state index in [0.29, 0.717) is 25.0 Å². The number of imidazole rings is 1. The molecule has 0 amide bonds. The zero-order chi connectivity index (χ0) is 20.7. The fourth-order valence-corrected chi connectivity index (χ4v) is 2.68. The summed E-state index contributed by atoms with van der Waals surface area (Å²) < 4.78 is 3.90. The summed E-state index contributed by atoms with van der Waals surface area (Å²) in [5.74, 6) is -2.34. The minimum Gasteiger partial charge on any atom is -0.478 e. The third-order valence-corrected chi connectivity index (χ3v) is 3.93. The van der Waals surface area contributed by atoms with Gasteiger partial charge >= 0.3 is 11.9 Å². The van der Waals surface area contributed by atoms with E-state index in [1.807, 2.05) is 59.9 Å². The van der Waals surface area contributed by atoms with Crippen molar-refractivity contribution in [3.63, 3.8) is 0 Å². The Bertz CT molecular complexity index is 1010. The van der Waals surface area contributed by atoms with Crippen molar-refractivity contribution in [3.05, 3.63) is 66.4 Å². The van der Waals surface area contributed by atoms with Gasteiger partial charge in [-0.2, -0.15) is 0 Å². The minimum atomic E-state index is -1.26. The topological polar surface area (TPSA) is 114 Å². The lowest BCUT2D eigenvalue weighted by Gasteiger charge is -1.98. The lowest BCUT2D eigenvalue weighted by atomic mass is 10.0. The third kappa shape index (κ3) is 5.66. The van der Waals surface area contributed by atoms with Gasteiger partial charge in [-0.05, 0) is 12.5 Å². The van der Waals surface area contributed by atoms with Crippen LogP contribution in [0.4, 0.5) is 0 Å². The third-order valence-electron chi connectivity index (χ3n) is 3.93. The second-order valence-corrected chi connectivity index (χ2v) is 6.13. The molecule has 0 saturated heterocycles. The van der Waals surface area contributed by atoms with Gasteiger partial charge in [0, 0.05) is 61.5 Å². The van der Waals surface area contributed by atoms with E-state index >= 15 is 0 Å². The highest BCUT2D eigenvalue weighted by molar-refractivity contribution is 6.08. The number of benzene rings is 1. The van der Waals surface area contributed by atoms with E-state index in [2.05, 4.69) is 4.98 Å². The van der Waals surface area contributed by atoms with E-state index in [9.17, 15) is 14.4 Å². The fraction of sp³-hybridized carbons (Fsp3) is 0.200. The number of aryl methyl sites for hydroxylation is 3. The summed E-state index contributed by atoms with van der Waals surface area (Å²) >= 11 is 0. The first-order chi connectivity index (χ1) is 13.3. The van der Waals surface area contributed by atoms with Crippen molar-refractivity contribution in [2.75, 3.05) is 0 Å². The minimum absolute atomic E-state index is 0.174. The molecule has 0 fully saturated rings. The van der Waals surface area contributed by atoms with Crippen LogP contribution in [0.5, 0.6) is 0 Å². The normalized spacial score (nSPS) is 10.6. The number of carboxylic acid groups (broad SMARTS) is 2. The van der Waals surface area contributed by atoms with Gasteiger partial charge < -0.3 is 19.3 Å². The molecule has 3 aromatic rings. The molecule has 0 bridgehead atoms. The second kappa shape index (κ2) is 9.31. The first-order valence-corrected chi connectivity index (χ1v) is 8.46. The number of rotatable bonds is 6. The maximum Gasteiger partial charge on any atom is 0.328 e. The number of carbonyl (C=O) groups excluding carboxylic acids is 1. The molecular formula is C20H21N3O5. The number of hydrogen-bond donors (Lipinski definition) is 2. The van der Waals surface area contributed by atoms with E-state index in [0.717, 1.165) is 22.2 Å². The van der Waals surface area contributed by atoms with E-state index in [-0.39, 0.29) is 5.78 Å². The number of aromatic nitrogens is 3. The summed E-state index contributed by atoms with van der Waals surface area (Å²) in [6.07, 6.45) is 7.93. The zero-order valence-corrected chi connectivity index (χ0v) is 15.6. The van der Waals surface area contributed by atoms with Crippen molar-refractivity contribution in [1.29, 1.82) is 0 Å².